The summed E-state index contributed by atoms with van der Waals surface area (Å²) >= 11 is 0. The number of ether oxygens (including phenoxy) is 1. The fourth-order valence-electron chi connectivity index (χ4n) is 2.04. The molecule has 0 amide bonds. The highest BCUT2D eigenvalue weighted by molar-refractivity contribution is 5.96. The molecule has 0 fully saturated rings. The molecule has 0 aliphatic carbocycles. The van der Waals surface area contributed by atoms with Gasteiger partial charge in [-0.15, -0.1) is 15.3 Å². The summed E-state index contributed by atoms with van der Waals surface area (Å²) in [4.78, 5) is 4.01. The van der Waals surface area contributed by atoms with Gasteiger partial charge in [0.1, 0.15) is 19.3 Å². The molecule has 4 rings (SSSR count). The highest BCUT2D eigenvalue weighted by Crippen LogP contribution is 2.25. The van der Waals surface area contributed by atoms with Crippen LogP contribution in [-0.2, 0) is 6.61 Å². The lowest BCUT2D eigenvalue weighted by Gasteiger charge is -2.07. The van der Waals surface area contributed by atoms with E-state index in [4.69, 9.17) is 4.74 Å². The molecule has 0 saturated carbocycles. The van der Waals surface area contributed by atoms with Crippen molar-refractivity contribution in [3.05, 3.63) is 42.7 Å². The molecule has 0 saturated heterocycles. The van der Waals surface area contributed by atoms with Gasteiger partial charge in [0.2, 0.25) is 5.88 Å². The Morgan fingerprint density at radius 1 is 1.20 bits per heavy atom. The molecule has 4 aromatic rings. The van der Waals surface area contributed by atoms with E-state index in [2.05, 4.69) is 30.5 Å². The van der Waals surface area contributed by atoms with E-state index in [0.717, 1.165) is 10.8 Å². The lowest BCUT2D eigenvalue weighted by molar-refractivity contribution is 0.284. The normalized spacial score (nSPS) is 11.2. The molecule has 20 heavy (non-hydrogen) atoms. The highest BCUT2D eigenvalue weighted by Gasteiger charge is 2.11. The Hall–Kier alpha value is -3.03. The van der Waals surface area contributed by atoms with Gasteiger partial charge >= 0.3 is 0 Å². The molecule has 0 aliphatic heterocycles. The minimum atomic E-state index is 0.268. The Bertz CT molecular complexity index is 868. The molecule has 3 heterocycles. The zero-order valence-corrected chi connectivity index (χ0v) is 10.3. The van der Waals surface area contributed by atoms with Gasteiger partial charge < -0.3 is 4.74 Å². The second kappa shape index (κ2) is 4.26. The molecule has 98 valence electrons. The molecule has 3 aromatic heterocycles. The van der Waals surface area contributed by atoms with Crippen LogP contribution in [0, 0.1) is 0 Å². The zero-order valence-electron chi connectivity index (χ0n) is 10.3. The van der Waals surface area contributed by atoms with Crippen LogP contribution in [0.2, 0.25) is 0 Å². The molecule has 8 nitrogen and oxygen atoms in total. The molecule has 8 heteroatoms. The van der Waals surface area contributed by atoms with Crippen molar-refractivity contribution in [1.82, 2.24) is 35.0 Å². The number of H-pyrrole nitrogens is 1. The molecule has 0 atom stereocenters. The first-order chi connectivity index (χ1) is 9.92. The number of hydrogen-bond donors (Lipinski definition) is 1. The third-order valence-corrected chi connectivity index (χ3v) is 2.94. The fourth-order valence-corrected chi connectivity index (χ4v) is 2.04. The van der Waals surface area contributed by atoms with Gasteiger partial charge in [-0.25, -0.2) is 4.98 Å². The molecule has 0 aliphatic rings. The molecule has 0 spiro atoms. The lowest BCUT2D eigenvalue weighted by Crippen LogP contribution is -2.03. The van der Waals surface area contributed by atoms with Gasteiger partial charge in [-0.3, -0.25) is 5.10 Å². The van der Waals surface area contributed by atoms with E-state index < -0.39 is 0 Å². The fraction of sp³-hybridized carbons (Fsp3) is 0.0833. The van der Waals surface area contributed by atoms with Crippen LogP contribution in [0.15, 0.2) is 36.9 Å². The van der Waals surface area contributed by atoms with Gasteiger partial charge in [0.15, 0.2) is 11.5 Å². The minimum Gasteiger partial charge on any atom is -0.468 e. The standard InChI is InChI=1S/C12H9N7O/c1-2-4-9-8(3-1)11-17-15-7-19(11)18-12(9)20-5-10-13-6-14-16-10/h1-4,6-7H,5H2,(H,13,14,16). The summed E-state index contributed by atoms with van der Waals surface area (Å²) in [7, 11) is 0. The summed E-state index contributed by atoms with van der Waals surface area (Å²) in [6, 6.07) is 7.77. The van der Waals surface area contributed by atoms with Crippen LogP contribution in [0.4, 0.5) is 0 Å². The van der Waals surface area contributed by atoms with Crippen LogP contribution in [-0.4, -0.2) is 35.0 Å². The van der Waals surface area contributed by atoms with Gasteiger partial charge in [-0.2, -0.15) is 9.61 Å². The summed E-state index contributed by atoms with van der Waals surface area (Å²) < 4.78 is 7.32. The SMILES string of the molecule is c1ccc2c(c1)c(OCc1ncn[nH]1)nn1cnnc21. The zero-order chi connectivity index (χ0) is 13.4. The first-order valence-corrected chi connectivity index (χ1v) is 5.97. The van der Waals surface area contributed by atoms with Crippen molar-refractivity contribution in [3.8, 4) is 5.88 Å². The van der Waals surface area contributed by atoms with Crippen molar-refractivity contribution in [2.24, 2.45) is 0 Å². The van der Waals surface area contributed by atoms with Crippen LogP contribution in [0.5, 0.6) is 5.88 Å². The Labute approximate surface area is 112 Å². The highest BCUT2D eigenvalue weighted by atomic mass is 16.5. The number of hydrogen-bond acceptors (Lipinski definition) is 6. The van der Waals surface area contributed by atoms with Gasteiger partial charge in [0.25, 0.3) is 0 Å². The van der Waals surface area contributed by atoms with E-state index >= 15 is 0 Å². The van der Waals surface area contributed by atoms with Crippen molar-refractivity contribution in [3.63, 3.8) is 0 Å². The van der Waals surface area contributed by atoms with Crippen molar-refractivity contribution < 1.29 is 4.74 Å². The van der Waals surface area contributed by atoms with Crippen molar-refractivity contribution in [2.45, 2.75) is 6.61 Å². The van der Waals surface area contributed by atoms with E-state index in [1.165, 1.54) is 6.33 Å². The van der Waals surface area contributed by atoms with Gasteiger partial charge in [0, 0.05) is 10.8 Å². The molecule has 0 radical (unpaired) electrons. The molecular formula is C12H9N7O. The number of aromatic nitrogens is 7. The Morgan fingerprint density at radius 3 is 2.95 bits per heavy atom. The van der Waals surface area contributed by atoms with Crippen LogP contribution in [0.3, 0.4) is 0 Å². The number of rotatable bonds is 3. The average Bonchev–Trinajstić information content (AvgIpc) is 3.16. The summed E-state index contributed by atoms with van der Waals surface area (Å²) in [5, 5.41) is 20.6. The van der Waals surface area contributed by atoms with Gasteiger partial charge in [-0.05, 0) is 6.07 Å². The van der Waals surface area contributed by atoms with E-state index in [0.29, 0.717) is 17.4 Å². The quantitative estimate of drug-likeness (QED) is 0.594. The maximum atomic E-state index is 5.72. The molecule has 0 bridgehead atoms. The average molecular weight is 267 g/mol. The summed E-state index contributed by atoms with van der Waals surface area (Å²) in [6.45, 7) is 0.268. The largest absolute Gasteiger partial charge is 0.468 e. The van der Waals surface area contributed by atoms with Crippen LogP contribution in [0.25, 0.3) is 16.4 Å². The minimum absolute atomic E-state index is 0.268. The first-order valence-electron chi connectivity index (χ1n) is 5.97. The predicted octanol–water partition coefficient (Wildman–Crippen LogP) is 0.975. The van der Waals surface area contributed by atoms with Gasteiger partial charge in [0.05, 0.1) is 0 Å². The second-order valence-corrected chi connectivity index (χ2v) is 4.17. The van der Waals surface area contributed by atoms with Gasteiger partial charge in [-0.1, -0.05) is 18.2 Å². The number of nitrogens with zero attached hydrogens (tertiary/aromatic N) is 6. The first kappa shape index (κ1) is 10.9. The summed E-state index contributed by atoms with van der Waals surface area (Å²) in [6.07, 6.45) is 2.98. The second-order valence-electron chi connectivity index (χ2n) is 4.17. The van der Waals surface area contributed by atoms with Crippen LogP contribution < -0.4 is 4.74 Å². The number of aromatic amines is 1. The Kier molecular flexibility index (Phi) is 2.31. The third-order valence-electron chi connectivity index (χ3n) is 2.94. The monoisotopic (exact) mass is 267 g/mol. The van der Waals surface area contributed by atoms with Crippen molar-refractivity contribution >= 4 is 16.4 Å². The van der Waals surface area contributed by atoms with E-state index in [1.54, 1.807) is 10.8 Å². The van der Waals surface area contributed by atoms with Crippen LogP contribution >= 0.6 is 0 Å². The Balaban J connectivity index is 1.83. The predicted molar refractivity (Wildman–Crippen MR) is 69.0 cm³/mol. The Morgan fingerprint density at radius 2 is 2.10 bits per heavy atom. The third kappa shape index (κ3) is 1.66. The number of nitrogens with one attached hydrogen (secondary N) is 1. The lowest BCUT2D eigenvalue weighted by atomic mass is 10.2. The van der Waals surface area contributed by atoms with Crippen LogP contribution in [0.1, 0.15) is 5.82 Å². The van der Waals surface area contributed by atoms with Crippen molar-refractivity contribution in [1.29, 1.82) is 0 Å². The number of benzene rings is 1. The summed E-state index contributed by atoms with van der Waals surface area (Å²) in [5.74, 6) is 1.14. The smallest absolute Gasteiger partial charge is 0.240 e. The summed E-state index contributed by atoms with van der Waals surface area (Å²) in [5.41, 5.74) is 0.701. The van der Waals surface area contributed by atoms with E-state index in [9.17, 15) is 0 Å². The number of fused-ring (bicyclic) bond motifs is 3. The molecule has 1 N–H and O–H groups in total. The molecule has 0 unspecified atom stereocenters. The van der Waals surface area contributed by atoms with E-state index in [-0.39, 0.29) is 6.61 Å². The topological polar surface area (TPSA) is 93.9 Å². The molecule has 1 aromatic carbocycles. The molecular weight excluding hydrogens is 258 g/mol. The maximum Gasteiger partial charge on any atom is 0.240 e. The maximum absolute atomic E-state index is 5.72. The van der Waals surface area contributed by atoms with E-state index in [1.807, 2.05) is 24.3 Å². The van der Waals surface area contributed by atoms with Crippen molar-refractivity contribution in [2.75, 3.05) is 0 Å².